The van der Waals surface area contributed by atoms with Gasteiger partial charge < -0.3 is 10.2 Å². The molecule has 2 aliphatic rings. The zero-order valence-corrected chi connectivity index (χ0v) is 16.8. The molecule has 5 nitrogen and oxygen atoms in total. The Labute approximate surface area is 153 Å². The Morgan fingerprint density at radius 3 is 2.33 bits per heavy atom. The Kier molecular flexibility index (Phi) is 8.50. The SMILES string of the molecule is CNCC1CCN(C(=O)C(C(C)C)S(=O)(=O)C2CCCCC2)C1.Cl. The standard InChI is InChI=1S/C17H32N2O3S.ClH/c1-13(2)16(23(21,22)15-7-5-4-6-8-15)17(20)19-10-9-14(12-19)11-18-3;/h13-16,18H,4-12H2,1-3H3;1H. The molecule has 7 heteroatoms. The number of carbonyl (C=O) groups excluding carboxylic acids is 1. The lowest BCUT2D eigenvalue weighted by atomic mass is 10.0. The third-order valence-electron chi connectivity index (χ3n) is 5.31. The van der Waals surface area contributed by atoms with Crippen molar-refractivity contribution in [2.75, 3.05) is 26.7 Å². The van der Waals surface area contributed by atoms with Crippen LogP contribution in [0.4, 0.5) is 0 Å². The molecule has 2 atom stereocenters. The highest BCUT2D eigenvalue weighted by atomic mass is 35.5. The maximum atomic E-state index is 13.1. The third kappa shape index (κ3) is 4.85. The predicted octanol–water partition coefficient (Wildman–Crippen LogP) is 2.25. The van der Waals surface area contributed by atoms with Gasteiger partial charge in [-0.2, -0.15) is 0 Å². The van der Waals surface area contributed by atoms with Crippen LogP contribution >= 0.6 is 12.4 Å². The number of amides is 1. The van der Waals surface area contributed by atoms with E-state index in [0.717, 1.165) is 45.1 Å². The summed E-state index contributed by atoms with van der Waals surface area (Å²) in [6, 6.07) is 0. The van der Waals surface area contributed by atoms with Crippen LogP contribution in [-0.2, 0) is 14.6 Å². The van der Waals surface area contributed by atoms with Gasteiger partial charge in [-0.3, -0.25) is 4.79 Å². The summed E-state index contributed by atoms with van der Waals surface area (Å²) in [5, 5.41) is 1.97. The van der Waals surface area contributed by atoms with Gasteiger partial charge in [-0.05, 0) is 44.7 Å². The third-order valence-corrected chi connectivity index (χ3v) is 8.16. The molecular weight excluding hydrogens is 348 g/mol. The summed E-state index contributed by atoms with van der Waals surface area (Å²) >= 11 is 0. The summed E-state index contributed by atoms with van der Waals surface area (Å²) in [4.78, 5) is 14.7. The van der Waals surface area contributed by atoms with Crippen molar-refractivity contribution in [1.29, 1.82) is 0 Å². The first-order chi connectivity index (χ1) is 10.9. The lowest BCUT2D eigenvalue weighted by molar-refractivity contribution is -0.130. The van der Waals surface area contributed by atoms with E-state index in [1.807, 2.05) is 20.9 Å². The Hall–Kier alpha value is -0.330. The van der Waals surface area contributed by atoms with Crippen LogP contribution in [0.15, 0.2) is 0 Å². The number of halogens is 1. The average Bonchev–Trinajstić information content (AvgIpc) is 2.96. The highest BCUT2D eigenvalue weighted by Crippen LogP contribution is 2.30. The first-order valence-electron chi connectivity index (χ1n) is 9.04. The Morgan fingerprint density at radius 1 is 1.17 bits per heavy atom. The maximum Gasteiger partial charge on any atom is 0.241 e. The van der Waals surface area contributed by atoms with Gasteiger partial charge in [0.15, 0.2) is 9.84 Å². The molecule has 1 amide bonds. The van der Waals surface area contributed by atoms with Crippen LogP contribution in [0.25, 0.3) is 0 Å². The smallest absolute Gasteiger partial charge is 0.241 e. The molecule has 1 N–H and O–H groups in total. The summed E-state index contributed by atoms with van der Waals surface area (Å²) < 4.78 is 26.1. The first-order valence-corrected chi connectivity index (χ1v) is 10.6. The van der Waals surface area contributed by atoms with Crippen molar-refractivity contribution in [2.45, 2.75) is 62.9 Å². The van der Waals surface area contributed by atoms with E-state index < -0.39 is 15.1 Å². The summed E-state index contributed by atoms with van der Waals surface area (Å²) in [6.07, 6.45) is 5.46. The van der Waals surface area contributed by atoms with Crippen molar-refractivity contribution in [1.82, 2.24) is 10.2 Å². The van der Waals surface area contributed by atoms with Gasteiger partial charge in [0.2, 0.25) is 5.91 Å². The molecule has 0 aromatic heterocycles. The van der Waals surface area contributed by atoms with E-state index in [0.29, 0.717) is 19.0 Å². The van der Waals surface area contributed by atoms with E-state index >= 15 is 0 Å². The molecule has 0 aromatic carbocycles. The normalized spacial score (nSPS) is 24.0. The van der Waals surface area contributed by atoms with Gasteiger partial charge in [0, 0.05) is 13.1 Å². The minimum Gasteiger partial charge on any atom is -0.341 e. The fraction of sp³-hybridized carbons (Fsp3) is 0.941. The maximum absolute atomic E-state index is 13.1. The van der Waals surface area contributed by atoms with Gasteiger partial charge in [-0.25, -0.2) is 8.42 Å². The molecular formula is C17H33ClN2O3S. The van der Waals surface area contributed by atoms with Crippen molar-refractivity contribution in [3.63, 3.8) is 0 Å². The van der Waals surface area contributed by atoms with Gasteiger partial charge in [0.25, 0.3) is 0 Å². The Morgan fingerprint density at radius 2 is 1.79 bits per heavy atom. The molecule has 24 heavy (non-hydrogen) atoms. The molecule has 2 rings (SSSR count). The second-order valence-corrected chi connectivity index (χ2v) is 9.86. The first kappa shape index (κ1) is 21.7. The van der Waals surface area contributed by atoms with E-state index in [1.165, 1.54) is 0 Å². The number of rotatable bonds is 6. The lowest BCUT2D eigenvalue weighted by Crippen LogP contribution is -2.48. The second kappa shape index (κ2) is 9.39. The van der Waals surface area contributed by atoms with Crippen LogP contribution in [0.2, 0.25) is 0 Å². The molecule has 1 aliphatic heterocycles. The number of hydrogen-bond donors (Lipinski definition) is 1. The zero-order chi connectivity index (χ0) is 17.0. The largest absolute Gasteiger partial charge is 0.341 e. The molecule has 0 aromatic rings. The number of carbonyl (C=O) groups is 1. The predicted molar refractivity (Wildman–Crippen MR) is 100 cm³/mol. The minimum absolute atomic E-state index is 0. The van der Waals surface area contributed by atoms with Gasteiger partial charge in [0.05, 0.1) is 5.25 Å². The minimum atomic E-state index is -3.40. The molecule has 0 radical (unpaired) electrons. The molecule has 1 saturated heterocycles. The van der Waals surface area contributed by atoms with Crippen LogP contribution in [0.1, 0.15) is 52.4 Å². The fourth-order valence-electron chi connectivity index (χ4n) is 4.07. The van der Waals surface area contributed by atoms with Crippen LogP contribution in [0.3, 0.4) is 0 Å². The molecule has 2 fully saturated rings. The van der Waals surface area contributed by atoms with Gasteiger partial charge in [0.1, 0.15) is 5.25 Å². The highest BCUT2D eigenvalue weighted by Gasteiger charge is 2.43. The van der Waals surface area contributed by atoms with Crippen molar-refractivity contribution in [2.24, 2.45) is 11.8 Å². The topological polar surface area (TPSA) is 66.5 Å². The van der Waals surface area contributed by atoms with Gasteiger partial charge in [-0.1, -0.05) is 33.1 Å². The number of nitrogens with one attached hydrogen (secondary N) is 1. The van der Waals surface area contributed by atoms with Crippen molar-refractivity contribution < 1.29 is 13.2 Å². The second-order valence-electron chi connectivity index (χ2n) is 7.51. The number of sulfone groups is 1. The lowest BCUT2D eigenvalue weighted by Gasteiger charge is -2.31. The quantitative estimate of drug-likeness (QED) is 0.767. The molecule has 0 bridgehead atoms. The van der Waals surface area contributed by atoms with Gasteiger partial charge in [-0.15, -0.1) is 12.4 Å². The van der Waals surface area contributed by atoms with E-state index in [9.17, 15) is 13.2 Å². The molecule has 2 unspecified atom stereocenters. The van der Waals surface area contributed by atoms with Crippen molar-refractivity contribution >= 4 is 28.2 Å². The summed E-state index contributed by atoms with van der Waals surface area (Å²) in [7, 11) is -1.48. The Bertz CT molecular complexity index is 504. The van der Waals surface area contributed by atoms with E-state index in [1.54, 1.807) is 4.90 Å². The Balaban J connectivity index is 0.00000288. The highest BCUT2D eigenvalue weighted by molar-refractivity contribution is 7.93. The molecule has 142 valence electrons. The summed E-state index contributed by atoms with van der Waals surface area (Å²) in [5.74, 6) is 0.108. The number of nitrogens with zero attached hydrogens (tertiary/aromatic N) is 1. The van der Waals surface area contributed by atoms with Gasteiger partial charge >= 0.3 is 0 Å². The summed E-state index contributed by atoms with van der Waals surface area (Å²) in [5.41, 5.74) is 0. The van der Waals surface area contributed by atoms with Crippen molar-refractivity contribution in [3.05, 3.63) is 0 Å². The molecule has 1 saturated carbocycles. The van der Waals surface area contributed by atoms with Crippen LogP contribution in [-0.4, -0.2) is 56.4 Å². The monoisotopic (exact) mass is 380 g/mol. The molecule has 0 spiro atoms. The van der Waals surface area contributed by atoms with E-state index in [-0.39, 0.29) is 29.5 Å². The van der Waals surface area contributed by atoms with E-state index in [2.05, 4.69) is 5.32 Å². The fourth-order valence-corrected chi connectivity index (χ4v) is 6.67. The van der Waals surface area contributed by atoms with Crippen LogP contribution < -0.4 is 5.32 Å². The number of hydrogen-bond acceptors (Lipinski definition) is 4. The van der Waals surface area contributed by atoms with Crippen LogP contribution in [0.5, 0.6) is 0 Å². The van der Waals surface area contributed by atoms with Crippen LogP contribution in [0, 0.1) is 11.8 Å². The summed E-state index contributed by atoms with van der Waals surface area (Å²) in [6.45, 7) is 5.98. The van der Waals surface area contributed by atoms with E-state index in [4.69, 9.17) is 0 Å². The number of likely N-dealkylation sites (tertiary alicyclic amines) is 1. The average molecular weight is 381 g/mol. The zero-order valence-electron chi connectivity index (χ0n) is 15.2. The van der Waals surface area contributed by atoms with Crippen molar-refractivity contribution in [3.8, 4) is 0 Å². The molecule has 1 heterocycles. The molecule has 1 aliphatic carbocycles.